The molecular weight excluding hydrogens is 208 g/mol. The van der Waals surface area contributed by atoms with E-state index in [1.807, 2.05) is 13.8 Å². The molecule has 0 spiro atoms. The first-order chi connectivity index (χ1) is 6.29. The lowest BCUT2D eigenvalue weighted by atomic mass is 10.1. The lowest BCUT2D eigenvalue weighted by Gasteiger charge is -2.35. The van der Waals surface area contributed by atoms with Crippen LogP contribution >= 0.6 is 0 Å². The Balaban J connectivity index is 2.39. The molecule has 0 N–H and O–H groups in total. The molecule has 0 amide bonds. The second-order valence-electron chi connectivity index (χ2n) is 4.00. The molecule has 0 aromatic rings. The maximum absolute atomic E-state index is 10.7. The Morgan fingerprint density at radius 2 is 2.14 bits per heavy atom. The highest BCUT2D eigenvalue weighted by atomic mass is 32.2. The SMILES string of the molecule is CC1(C)COC[C@H](COS(C)(=O)=O)O1. The molecule has 1 heterocycles. The summed E-state index contributed by atoms with van der Waals surface area (Å²) in [6.07, 6.45) is 0.704. The van der Waals surface area contributed by atoms with E-state index < -0.39 is 10.1 Å². The summed E-state index contributed by atoms with van der Waals surface area (Å²) in [4.78, 5) is 0. The normalized spacial score (nSPS) is 27.5. The monoisotopic (exact) mass is 224 g/mol. The van der Waals surface area contributed by atoms with Gasteiger partial charge in [-0.25, -0.2) is 0 Å². The van der Waals surface area contributed by atoms with Crippen LogP contribution in [0.2, 0.25) is 0 Å². The zero-order valence-corrected chi connectivity index (χ0v) is 9.46. The summed E-state index contributed by atoms with van der Waals surface area (Å²) in [5.41, 5.74) is -0.371. The van der Waals surface area contributed by atoms with Gasteiger partial charge < -0.3 is 9.47 Å². The van der Waals surface area contributed by atoms with Crippen molar-refractivity contribution in [2.45, 2.75) is 25.6 Å². The third kappa shape index (κ3) is 4.36. The fraction of sp³-hybridized carbons (Fsp3) is 1.00. The van der Waals surface area contributed by atoms with Crippen molar-refractivity contribution < 1.29 is 22.1 Å². The van der Waals surface area contributed by atoms with Crippen molar-refractivity contribution in [1.29, 1.82) is 0 Å². The van der Waals surface area contributed by atoms with E-state index in [0.717, 1.165) is 6.26 Å². The third-order valence-corrected chi connectivity index (χ3v) is 2.27. The molecule has 5 nitrogen and oxygen atoms in total. The standard InChI is InChI=1S/C8H16O5S/c1-8(2)6-11-4-7(13-8)5-12-14(3,9)10/h7H,4-6H2,1-3H3/t7-/m1/s1. The second kappa shape index (κ2) is 4.14. The summed E-state index contributed by atoms with van der Waals surface area (Å²) < 4.78 is 36.9. The Morgan fingerprint density at radius 3 is 2.64 bits per heavy atom. The molecule has 1 saturated heterocycles. The van der Waals surface area contributed by atoms with E-state index in [0.29, 0.717) is 13.2 Å². The summed E-state index contributed by atoms with van der Waals surface area (Å²) in [7, 11) is -3.40. The molecule has 1 rings (SSSR count). The van der Waals surface area contributed by atoms with E-state index in [9.17, 15) is 8.42 Å². The molecule has 0 radical (unpaired) electrons. The predicted molar refractivity (Wildman–Crippen MR) is 50.6 cm³/mol. The maximum atomic E-state index is 10.7. The van der Waals surface area contributed by atoms with Gasteiger partial charge in [0.15, 0.2) is 0 Å². The van der Waals surface area contributed by atoms with Crippen molar-refractivity contribution in [3.63, 3.8) is 0 Å². The average molecular weight is 224 g/mol. The van der Waals surface area contributed by atoms with Crippen molar-refractivity contribution in [1.82, 2.24) is 0 Å². The molecule has 1 aliphatic rings. The van der Waals surface area contributed by atoms with Crippen LogP contribution < -0.4 is 0 Å². The van der Waals surface area contributed by atoms with Crippen LogP contribution in [0.5, 0.6) is 0 Å². The summed E-state index contributed by atoms with van der Waals surface area (Å²) in [6.45, 7) is 4.68. The van der Waals surface area contributed by atoms with Crippen molar-refractivity contribution in [2.75, 3.05) is 26.1 Å². The van der Waals surface area contributed by atoms with Gasteiger partial charge in [-0.2, -0.15) is 8.42 Å². The molecule has 1 fully saturated rings. The Labute approximate surface area is 84.5 Å². The van der Waals surface area contributed by atoms with E-state index in [4.69, 9.17) is 9.47 Å². The van der Waals surface area contributed by atoms with Crippen LogP contribution in [0.1, 0.15) is 13.8 Å². The summed E-state index contributed by atoms with van der Waals surface area (Å²) in [6, 6.07) is 0. The molecule has 0 aromatic heterocycles. The molecule has 0 bridgehead atoms. The van der Waals surface area contributed by atoms with Crippen LogP contribution in [0.3, 0.4) is 0 Å². The lowest BCUT2D eigenvalue weighted by molar-refractivity contribution is -0.189. The summed E-state index contributed by atoms with van der Waals surface area (Å²) in [5.74, 6) is 0. The minimum atomic E-state index is -3.40. The van der Waals surface area contributed by atoms with Gasteiger partial charge in [0.1, 0.15) is 6.10 Å². The van der Waals surface area contributed by atoms with Gasteiger partial charge >= 0.3 is 0 Å². The first kappa shape index (κ1) is 11.9. The minimum Gasteiger partial charge on any atom is -0.376 e. The lowest BCUT2D eigenvalue weighted by Crippen LogP contribution is -2.45. The van der Waals surface area contributed by atoms with Gasteiger partial charge in [-0.3, -0.25) is 4.18 Å². The topological polar surface area (TPSA) is 61.8 Å². The zero-order chi connectivity index (χ0) is 10.8. The van der Waals surface area contributed by atoms with Crippen LogP contribution in [0.4, 0.5) is 0 Å². The van der Waals surface area contributed by atoms with Crippen LogP contribution in [-0.2, 0) is 23.8 Å². The molecule has 14 heavy (non-hydrogen) atoms. The van der Waals surface area contributed by atoms with Gasteiger partial charge in [0.25, 0.3) is 10.1 Å². The molecule has 6 heteroatoms. The van der Waals surface area contributed by atoms with E-state index in [-0.39, 0.29) is 18.3 Å². The van der Waals surface area contributed by atoms with Gasteiger partial charge in [0.2, 0.25) is 0 Å². The Morgan fingerprint density at radius 1 is 1.50 bits per heavy atom. The molecule has 0 aromatic carbocycles. The highest BCUT2D eigenvalue weighted by Gasteiger charge is 2.30. The highest BCUT2D eigenvalue weighted by molar-refractivity contribution is 7.85. The Bertz CT molecular complexity index is 282. The van der Waals surface area contributed by atoms with Gasteiger partial charge in [-0.1, -0.05) is 0 Å². The molecule has 1 atom stereocenters. The van der Waals surface area contributed by atoms with Crippen molar-refractivity contribution in [3.8, 4) is 0 Å². The fourth-order valence-electron chi connectivity index (χ4n) is 1.24. The first-order valence-electron chi connectivity index (χ1n) is 4.38. The molecule has 0 saturated carbocycles. The first-order valence-corrected chi connectivity index (χ1v) is 6.20. The van der Waals surface area contributed by atoms with Crippen LogP contribution in [0.15, 0.2) is 0 Å². The fourth-order valence-corrected chi connectivity index (χ4v) is 1.64. The number of rotatable bonds is 3. The van der Waals surface area contributed by atoms with Gasteiger partial charge in [0.05, 0.1) is 31.7 Å². The third-order valence-electron chi connectivity index (χ3n) is 1.71. The maximum Gasteiger partial charge on any atom is 0.264 e. The molecule has 0 aliphatic carbocycles. The van der Waals surface area contributed by atoms with Crippen molar-refractivity contribution in [2.24, 2.45) is 0 Å². The molecule has 84 valence electrons. The predicted octanol–water partition coefficient (Wildman–Crippen LogP) is 0.157. The molecular formula is C8H16O5S. The van der Waals surface area contributed by atoms with Gasteiger partial charge in [-0.05, 0) is 13.8 Å². The Kier molecular flexibility index (Phi) is 3.52. The largest absolute Gasteiger partial charge is 0.376 e. The van der Waals surface area contributed by atoms with Crippen molar-refractivity contribution >= 4 is 10.1 Å². The average Bonchev–Trinajstić information content (AvgIpc) is 1.98. The molecule has 0 unspecified atom stereocenters. The Hall–Kier alpha value is -0.170. The van der Waals surface area contributed by atoms with E-state index >= 15 is 0 Å². The molecule has 1 aliphatic heterocycles. The highest BCUT2D eigenvalue weighted by Crippen LogP contribution is 2.18. The van der Waals surface area contributed by atoms with Gasteiger partial charge in [0, 0.05) is 0 Å². The van der Waals surface area contributed by atoms with Crippen LogP contribution in [-0.4, -0.2) is 46.2 Å². The van der Waals surface area contributed by atoms with Crippen LogP contribution in [0.25, 0.3) is 0 Å². The summed E-state index contributed by atoms with van der Waals surface area (Å²) in [5, 5.41) is 0. The zero-order valence-electron chi connectivity index (χ0n) is 8.65. The minimum absolute atomic E-state index is 0.0161. The summed E-state index contributed by atoms with van der Waals surface area (Å²) >= 11 is 0. The van der Waals surface area contributed by atoms with E-state index in [1.54, 1.807) is 0 Å². The smallest absolute Gasteiger partial charge is 0.264 e. The number of ether oxygens (including phenoxy) is 2. The van der Waals surface area contributed by atoms with E-state index in [2.05, 4.69) is 4.18 Å². The van der Waals surface area contributed by atoms with Crippen LogP contribution in [0, 0.1) is 0 Å². The number of hydrogen-bond acceptors (Lipinski definition) is 5. The van der Waals surface area contributed by atoms with Crippen molar-refractivity contribution in [3.05, 3.63) is 0 Å². The quantitative estimate of drug-likeness (QED) is 0.639. The van der Waals surface area contributed by atoms with E-state index in [1.165, 1.54) is 0 Å². The van der Waals surface area contributed by atoms with Gasteiger partial charge in [-0.15, -0.1) is 0 Å². The number of hydrogen-bond donors (Lipinski definition) is 0. The second-order valence-corrected chi connectivity index (χ2v) is 5.65.